The van der Waals surface area contributed by atoms with Crippen LogP contribution in [0.1, 0.15) is 30.9 Å². The molecule has 2 aromatic rings. The number of aromatic amines is 1. The molecule has 112 valence electrons. The van der Waals surface area contributed by atoms with Gasteiger partial charge in [-0.25, -0.2) is 4.98 Å². The molecule has 0 radical (unpaired) electrons. The van der Waals surface area contributed by atoms with Crippen LogP contribution < -0.4 is 20.8 Å². The number of H-pyrrole nitrogens is 1. The summed E-state index contributed by atoms with van der Waals surface area (Å²) in [6.45, 7) is 5.98. The van der Waals surface area contributed by atoms with Crippen LogP contribution in [0.15, 0.2) is 23.3 Å². The predicted octanol–water partition coefficient (Wildman–Crippen LogP) is 2.58. The number of nitrogens with one attached hydrogen (secondary N) is 1. The summed E-state index contributed by atoms with van der Waals surface area (Å²) in [6, 6.07) is 3.72. The van der Waals surface area contributed by atoms with Gasteiger partial charge >= 0.3 is 0 Å². The van der Waals surface area contributed by atoms with Crippen LogP contribution in [0, 0.1) is 6.92 Å². The zero-order valence-electron chi connectivity index (χ0n) is 12.6. The van der Waals surface area contributed by atoms with Gasteiger partial charge < -0.3 is 20.2 Å². The fraction of sp³-hybridized carbons (Fsp3) is 0.333. The Morgan fingerprint density at radius 1 is 1.33 bits per heavy atom. The zero-order valence-corrected chi connectivity index (χ0v) is 12.6. The molecule has 0 amide bonds. The van der Waals surface area contributed by atoms with E-state index < -0.39 is 0 Å². The highest BCUT2D eigenvalue weighted by Crippen LogP contribution is 2.35. The van der Waals surface area contributed by atoms with Gasteiger partial charge in [-0.2, -0.15) is 0 Å². The third-order valence-corrected chi connectivity index (χ3v) is 3.21. The molecule has 0 aliphatic rings. The first-order valence-corrected chi connectivity index (χ1v) is 6.63. The molecule has 1 aromatic carbocycles. The van der Waals surface area contributed by atoms with Crippen molar-refractivity contribution in [1.82, 2.24) is 9.97 Å². The number of ether oxygens (including phenoxy) is 2. The van der Waals surface area contributed by atoms with Crippen molar-refractivity contribution >= 4 is 5.69 Å². The van der Waals surface area contributed by atoms with Crippen molar-refractivity contribution < 1.29 is 9.47 Å². The van der Waals surface area contributed by atoms with Crippen molar-refractivity contribution in [3.63, 3.8) is 0 Å². The number of methoxy groups -OCH3 is 1. The first-order valence-electron chi connectivity index (χ1n) is 6.63. The molecule has 0 saturated heterocycles. The van der Waals surface area contributed by atoms with Crippen molar-refractivity contribution in [3.8, 4) is 17.4 Å². The van der Waals surface area contributed by atoms with Crippen LogP contribution in [0.5, 0.6) is 17.4 Å². The molecule has 6 heteroatoms. The molecular weight excluding hydrogens is 270 g/mol. The second kappa shape index (κ2) is 5.87. The van der Waals surface area contributed by atoms with Gasteiger partial charge in [0.25, 0.3) is 11.4 Å². The Morgan fingerprint density at radius 3 is 2.67 bits per heavy atom. The number of aromatic nitrogens is 2. The lowest BCUT2D eigenvalue weighted by Gasteiger charge is -2.16. The number of hydrogen-bond donors (Lipinski definition) is 2. The lowest BCUT2D eigenvalue weighted by atomic mass is 9.99. The third-order valence-electron chi connectivity index (χ3n) is 3.21. The normalized spacial score (nSPS) is 10.7. The predicted molar refractivity (Wildman–Crippen MR) is 81.2 cm³/mol. The van der Waals surface area contributed by atoms with Crippen LogP contribution >= 0.6 is 0 Å². The number of aryl methyl sites for hydroxylation is 1. The lowest BCUT2D eigenvalue weighted by molar-refractivity contribution is 0.361. The number of benzene rings is 1. The average Bonchev–Trinajstić information content (AvgIpc) is 2.42. The topological polar surface area (TPSA) is 90.2 Å². The smallest absolute Gasteiger partial charge is 0.297 e. The summed E-state index contributed by atoms with van der Waals surface area (Å²) < 4.78 is 10.8. The molecule has 2 rings (SSSR count). The van der Waals surface area contributed by atoms with E-state index in [1.54, 1.807) is 0 Å². The fourth-order valence-electron chi connectivity index (χ4n) is 1.98. The number of nitrogens with zero attached hydrogens (tertiary/aromatic N) is 1. The first-order chi connectivity index (χ1) is 9.93. The molecule has 0 fully saturated rings. The van der Waals surface area contributed by atoms with Gasteiger partial charge in [0.1, 0.15) is 5.75 Å². The molecule has 0 bridgehead atoms. The van der Waals surface area contributed by atoms with Crippen LogP contribution in [0.4, 0.5) is 5.69 Å². The van der Waals surface area contributed by atoms with E-state index in [4.69, 9.17) is 15.2 Å². The second-order valence-corrected chi connectivity index (χ2v) is 5.07. The summed E-state index contributed by atoms with van der Waals surface area (Å²) in [6.07, 6.45) is 1.28. The Balaban J connectivity index is 2.51. The van der Waals surface area contributed by atoms with Crippen molar-refractivity contribution in [2.45, 2.75) is 26.7 Å². The zero-order chi connectivity index (χ0) is 15.6. The summed E-state index contributed by atoms with van der Waals surface area (Å²) in [4.78, 5) is 18.1. The highest BCUT2D eigenvalue weighted by Gasteiger charge is 2.16. The van der Waals surface area contributed by atoms with E-state index in [1.165, 1.54) is 13.4 Å². The Morgan fingerprint density at radius 2 is 2.05 bits per heavy atom. The maximum absolute atomic E-state index is 11.7. The van der Waals surface area contributed by atoms with E-state index >= 15 is 0 Å². The maximum Gasteiger partial charge on any atom is 0.297 e. The molecule has 1 heterocycles. The third kappa shape index (κ3) is 2.99. The van der Waals surface area contributed by atoms with Crippen molar-refractivity contribution in [1.29, 1.82) is 0 Å². The minimum atomic E-state index is -0.388. The van der Waals surface area contributed by atoms with Crippen LogP contribution in [0.3, 0.4) is 0 Å². The maximum atomic E-state index is 11.7. The molecule has 0 atom stereocenters. The van der Waals surface area contributed by atoms with E-state index in [0.29, 0.717) is 11.4 Å². The Kier molecular flexibility index (Phi) is 4.16. The van der Waals surface area contributed by atoms with Gasteiger partial charge in [-0.05, 0) is 36.1 Å². The van der Waals surface area contributed by atoms with E-state index in [2.05, 4.69) is 9.97 Å². The minimum Gasteiger partial charge on any atom is -0.487 e. The largest absolute Gasteiger partial charge is 0.487 e. The van der Waals surface area contributed by atoms with E-state index in [1.807, 2.05) is 32.9 Å². The van der Waals surface area contributed by atoms with E-state index in [-0.39, 0.29) is 23.1 Å². The highest BCUT2D eigenvalue weighted by molar-refractivity contribution is 5.56. The summed E-state index contributed by atoms with van der Waals surface area (Å²) >= 11 is 0. The molecule has 0 saturated carbocycles. The van der Waals surface area contributed by atoms with Gasteiger partial charge in [-0.15, -0.1) is 0 Å². The van der Waals surface area contributed by atoms with Gasteiger partial charge in [-0.1, -0.05) is 13.8 Å². The van der Waals surface area contributed by atoms with Gasteiger partial charge in [0, 0.05) is 5.69 Å². The molecule has 3 N–H and O–H groups in total. The van der Waals surface area contributed by atoms with Crippen LogP contribution in [0.2, 0.25) is 0 Å². The summed E-state index contributed by atoms with van der Waals surface area (Å²) in [5.74, 6) is 1.01. The summed E-state index contributed by atoms with van der Waals surface area (Å²) in [5.41, 5.74) is 8.11. The Hall–Kier alpha value is -2.50. The molecule has 0 unspecified atom stereocenters. The molecule has 0 aliphatic carbocycles. The van der Waals surface area contributed by atoms with Gasteiger partial charge in [0.15, 0.2) is 0 Å². The summed E-state index contributed by atoms with van der Waals surface area (Å²) in [5, 5.41) is 0. The summed E-state index contributed by atoms with van der Waals surface area (Å²) in [7, 11) is 1.40. The van der Waals surface area contributed by atoms with Gasteiger partial charge in [-0.3, -0.25) is 4.79 Å². The standard InChI is InChI=1S/C15H19N3O3/c1-8(2)10-6-11(16)9(3)5-12(10)21-15-13(20-4)14(19)17-7-18-15/h5-8H,16H2,1-4H3,(H,17,18,19). The fourth-order valence-corrected chi connectivity index (χ4v) is 1.98. The SMILES string of the molecule is COc1c(Oc2cc(C)c(N)cc2C(C)C)nc[nH]c1=O. The number of hydrogen-bond acceptors (Lipinski definition) is 5. The molecule has 21 heavy (non-hydrogen) atoms. The molecule has 6 nitrogen and oxygen atoms in total. The average molecular weight is 289 g/mol. The van der Waals surface area contributed by atoms with E-state index in [0.717, 1.165) is 11.1 Å². The van der Waals surface area contributed by atoms with E-state index in [9.17, 15) is 4.79 Å². The number of rotatable bonds is 4. The van der Waals surface area contributed by atoms with Crippen LogP contribution in [0.25, 0.3) is 0 Å². The van der Waals surface area contributed by atoms with Crippen LogP contribution in [-0.2, 0) is 0 Å². The van der Waals surface area contributed by atoms with Crippen molar-refractivity contribution in [3.05, 3.63) is 39.9 Å². The Bertz CT molecular complexity index is 708. The van der Waals surface area contributed by atoms with Crippen LogP contribution in [-0.4, -0.2) is 17.1 Å². The number of anilines is 1. The van der Waals surface area contributed by atoms with Gasteiger partial charge in [0.05, 0.1) is 13.4 Å². The first kappa shape index (κ1) is 14.9. The molecule has 1 aromatic heterocycles. The number of nitrogens with two attached hydrogens (primary N) is 1. The minimum absolute atomic E-state index is 0.0432. The molecular formula is C15H19N3O3. The monoisotopic (exact) mass is 289 g/mol. The van der Waals surface area contributed by atoms with Crippen molar-refractivity contribution in [2.24, 2.45) is 0 Å². The Labute approximate surface area is 122 Å². The molecule has 0 spiro atoms. The molecule has 0 aliphatic heterocycles. The second-order valence-electron chi connectivity index (χ2n) is 5.07. The van der Waals surface area contributed by atoms with Gasteiger partial charge in [0.2, 0.25) is 5.75 Å². The lowest BCUT2D eigenvalue weighted by Crippen LogP contribution is -2.11. The highest BCUT2D eigenvalue weighted by atomic mass is 16.5. The van der Waals surface area contributed by atoms with Crippen molar-refractivity contribution in [2.75, 3.05) is 12.8 Å². The number of nitrogen functional groups attached to an aromatic ring is 1. The quantitative estimate of drug-likeness (QED) is 0.844.